The lowest BCUT2D eigenvalue weighted by atomic mass is 10.0. The molecule has 0 atom stereocenters. The number of carbonyl (C=O) groups excluding carboxylic acids is 1. The number of aromatic nitrogens is 1. The van der Waals surface area contributed by atoms with E-state index in [2.05, 4.69) is 36.3 Å². The molecule has 1 aromatic carbocycles. The number of anilines is 2. The van der Waals surface area contributed by atoms with E-state index >= 15 is 0 Å². The molecule has 0 radical (unpaired) electrons. The Hall–Kier alpha value is -2.62. The molecule has 1 heterocycles. The standard InChI is InChI=1S/C17H19N3O/c1-12(2)14-6-3-13(4-7-14)5-10-17(21)20-16-9-8-15(18)11-19-16/h3-12H,18H2,1-2H3,(H,19,20,21)/b10-5+. The highest BCUT2D eigenvalue weighted by Gasteiger charge is 2.00. The number of nitrogen functional groups attached to an aromatic ring is 1. The highest BCUT2D eigenvalue weighted by Crippen LogP contribution is 2.15. The van der Waals surface area contributed by atoms with Gasteiger partial charge in [-0.05, 0) is 35.3 Å². The first-order valence-corrected chi connectivity index (χ1v) is 6.85. The first kappa shape index (κ1) is 14.8. The number of pyridine rings is 1. The van der Waals surface area contributed by atoms with Gasteiger partial charge in [-0.2, -0.15) is 0 Å². The summed E-state index contributed by atoms with van der Waals surface area (Å²) in [7, 11) is 0. The van der Waals surface area contributed by atoms with Crippen LogP contribution in [-0.4, -0.2) is 10.9 Å². The summed E-state index contributed by atoms with van der Waals surface area (Å²) in [6.07, 6.45) is 4.77. The summed E-state index contributed by atoms with van der Waals surface area (Å²) in [5.74, 6) is 0.761. The molecular formula is C17H19N3O. The SMILES string of the molecule is CC(C)c1ccc(/C=C/C(=O)Nc2ccc(N)cn2)cc1. The minimum absolute atomic E-state index is 0.222. The van der Waals surface area contributed by atoms with E-state index in [0.29, 0.717) is 17.4 Å². The zero-order valence-corrected chi connectivity index (χ0v) is 12.2. The highest BCUT2D eigenvalue weighted by atomic mass is 16.1. The van der Waals surface area contributed by atoms with Crippen molar-refractivity contribution in [3.05, 3.63) is 59.8 Å². The van der Waals surface area contributed by atoms with E-state index in [9.17, 15) is 4.79 Å². The Morgan fingerprint density at radius 3 is 2.48 bits per heavy atom. The number of hydrogen-bond donors (Lipinski definition) is 2. The minimum atomic E-state index is -0.222. The van der Waals surface area contributed by atoms with Crippen molar-refractivity contribution >= 4 is 23.5 Å². The molecule has 21 heavy (non-hydrogen) atoms. The second-order valence-electron chi connectivity index (χ2n) is 5.12. The van der Waals surface area contributed by atoms with Crippen LogP contribution in [0.15, 0.2) is 48.7 Å². The van der Waals surface area contributed by atoms with Crippen LogP contribution in [0, 0.1) is 0 Å². The molecule has 108 valence electrons. The molecule has 4 heteroatoms. The molecule has 0 unspecified atom stereocenters. The van der Waals surface area contributed by atoms with Crippen LogP contribution in [0.4, 0.5) is 11.5 Å². The second kappa shape index (κ2) is 6.70. The van der Waals surface area contributed by atoms with Gasteiger partial charge in [-0.1, -0.05) is 38.1 Å². The first-order valence-electron chi connectivity index (χ1n) is 6.85. The third kappa shape index (κ3) is 4.45. The molecule has 2 aromatic rings. The number of rotatable bonds is 4. The van der Waals surface area contributed by atoms with Gasteiger partial charge >= 0.3 is 0 Å². The molecule has 0 aliphatic heterocycles. The number of carbonyl (C=O) groups is 1. The molecule has 0 bridgehead atoms. The summed E-state index contributed by atoms with van der Waals surface area (Å²) in [4.78, 5) is 15.8. The zero-order chi connectivity index (χ0) is 15.2. The van der Waals surface area contributed by atoms with Gasteiger partial charge in [-0.15, -0.1) is 0 Å². The van der Waals surface area contributed by atoms with Crippen LogP contribution in [0.25, 0.3) is 6.08 Å². The van der Waals surface area contributed by atoms with Crippen LogP contribution in [0.2, 0.25) is 0 Å². The summed E-state index contributed by atoms with van der Waals surface area (Å²) in [5, 5.41) is 2.68. The Morgan fingerprint density at radius 2 is 1.90 bits per heavy atom. The van der Waals surface area contributed by atoms with Crippen molar-refractivity contribution in [1.82, 2.24) is 4.98 Å². The summed E-state index contributed by atoms with van der Waals surface area (Å²) in [5.41, 5.74) is 8.37. The van der Waals surface area contributed by atoms with E-state index in [1.54, 1.807) is 18.2 Å². The molecule has 2 rings (SSSR count). The Kier molecular flexibility index (Phi) is 4.72. The predicted molar refractivity (Wildman–Crippen MR) is 86.8 cm³/mol. The second-order valence-corrected chi connectivity index (χ2v) is 5.12. The van der Waals surface area contributed by atoms with Crippen molar-refractivity contribution < 1.29 is 4.79 Å². The number of amides is 1. The van der Waals surface area contributed by atoms with Crippen molar-refractivity contribution in [3.8, 4) is 0 Å². The molecule has 1 amide bonds. The molecular weight excluding hydrogens is 262 g/mol. The Balaban J connectivity index is 1.96. The molecule has 1 aromatic heterocycles. The van der Waals surface area contributed by atoms with Crippen LogP contribution in [-0.2, 0) is 4.79 Å². The van der Waals surface area contributed by atoms with Gasteiger partial charge in [-0.3, -0.25) is 4.79 Å². The summed E-state index contributed by atoms with van der Waals surface area (Å²) < 4.78 is 0. The van der Waals surface area contributed by atoms with E-state index in [1.165, 1.54) is 17.8 Å². The largest absolute Gasteiger partial charge is 0.397 e. The monoisotopic (exact) mass is 281 g/mol. The maximum absolute atomic E-state index is 11.8. The van der Waals surface area contributed by atoms with Crippen LogP contribution >= 0.6 is 0 Å². The van der Waals surface area contributed by atoms with E-state index in [1.807, 2.05) is 12.1 Å². The smallest absolute Gasteiger partial charge is 0.249 e. The fourth-order valence-corrected chi connectivity index (χ4v) is 1.81. The first-order chi connectivity index (χ1) is 10.0. The van der Waals surface area contributed by atoms with Crippen LogP contribution < -0.4 is 11.1 Å². The van der Waals surface area contributed by atoms with Gasteiger partial charge in [0.1, 0.15) is 5.82 Å². The van der Waals surface area contributed by atoms with E-state index in [4.69, 9.17) is 5.73 Å². The Morgan fingerprint density at radius 1 is 1.19 bits per heavy atom. The van der Waals surface area contributed by atoms with Crippen molar-refractivity contribution in [2.45, 2.75) is 19.8 Å². The number of benzene rings is 1. The lowest BCUT2D eigenvalue weighted by Gasteiger charge is -2.04. The fourth-order valence-electron chi connectivity index (χ4n) is 1.81. The lowest BCUT2D eigenvalue weighted by molar-refractivity contribution is -0.111. The van der Waals surface area contributed by atoms with Gasteiger partial charge in [0, 0.05) is 6.08 Å². The number of nitrogens with two attached hydrogens (primary N) is 1. The molecule has 4 nitrogen and oxygen atoms in total. The average Bonchev–Trinajstić information content (AvgIpc) is 2.48. The van der Waals surface area contributed by atoms with E-state index < -0.39 is 0 Å². The van der Waals surface area contributed by atoms with Crippen LogP contribution in [0.1, 0.15) is 30.9 Å². The van der Waals surface area contributed by atoms with Crippen LogP contribution in [0.5, 0.6) is 0 Å². The average molecular weight is 281 g/mol. The van der Waals surface area contributed by atoms with E-state index in [0.717, 1.165) is 5.56 Å². The third-order valence-corrected chi connectivity index (χ3v) is 3.07. The van der Waals surface area contributed by atoms with Crippen LogP contribution in [0.3, 0.4) is 0 Å². The van der Waals surface area contributed by atoms with Crippen molar-refractivity contribution in [3.63, 3.8) is 0 Å². The molecule has 0 saturated carbocycles. The normalized spacial score (nSPS) is 11.0. The third-order valence-electron chi connectivity index (χ3n) is 3.07. The molecule has 0 fully saturated rings. The van der Waals surface area contributed by atoms with Gasteiger partial charge in [0.25, 0.3) is 0 Å². The Labute approximate surface area is 124 Å². The van der Waals surface area contributed by atoms with Crippen molar-refractivity contribution in [2.24, 2.45) is 0 Å². The Bertz CT molecular complexity index is 628. The molecule has 0 aliphatic carbocycles. The quantitative estimate of drug-likeness (QED) is 0.843. The maximum atomic E-state index is 11.8. The molecule has 3 N–H and O–H groups in total. The van der Waals surface area contributed by atoms with Gasteiger partial charge in [0.15, 0.2) is 0 Å². The van der Waals surface area contributed by atoms with Crippen molar-refractivity contribution in [1.29, 1.82) is 0 Å². The number of hydrogen-bond acceptors (Lipinski definition) is 3. The fraction of sp³-hybridized carbons (Fsp3) is 0.176. The molecule has 0 aliphatic rings. The molecule has 0 spiro atoms. The topological polar surface area (TPSA) is 68.0 Å². The van der Waals surface area contributed by atoms with Crippen molar-refractivity contribution in [2.75, 3.05) is 11.1 Å². The van der Waals surface area contributed by atoms with Gasteiger partial charge in [0.05, 0.1) is 11.9 Å². The van der Waals surface area contributed by atoms with Gasteiger partial charge in [0.2, 0.25) is 5.91 Å². The number of nitrogens with one attached hydrogen (secondary N) is 1. The van der Waals surface area contributed by atoms with Gasteiger partial charge < -0.3 is 11.1 Å². The summed E-state index contributed by atoms with van der Waals surface area (Å²) in [6.45, 7) is 4.30. The maximum Gasteiger partial charge on any atom is 0.249 e. The zero-order valence-electron chi connectivity index (χ0n) is 12.2. The van der Waals surface area contributed by atoms with E-state index in [-0.39, 0.29) is 5.91 Å². The highest BCUT2D eigenvalue weighted by molar-refractivity contribution is 6.01. The summed E-state index contributed by atoms with van der Waals surface area (Å²) >= 11 is 0. The predicted octanol–water partition coefficient (Wildman–Crippen LogP) is 3.44. The number of nitrogens with zero attached hydrogens (tertiary/aromatic N) is 1. The molecule has 0 saturated heterocycles. The lowest BCUT2D eigenvalue weighted by Crippen LogP contribution is -2.09. The minimum Gasteiger partial charge on any atom is -0.397 e. The summed E-state index contributed by atoms with van der Waals surface area (Å²) in [6, 6.07) is 11.5. The van der Waals surface area contributed by atoms with Gasteiger partial charge in [-0.25, -0.2) is 4.98 Å².